The molecular weight excluding hydrogens is 300 g/mol. The van der Waals surface area contributed by atoms with Crippen LogP contribution in [0.25, 0.3) is 6.08 Å². The minimum atomic E-state index is -0.349. The van der Waals surface area contributed by atoms with Crippen LogP contribution >= 0.6 is 23.2 Å². The van der Waals surface area contributed by atoms with Gasteiger partial charge in [-0.25, -0.2) is 4.39 Å². The maximum absolute atomic E-state index is 12.7. The van der Waals surface area contributed by atoms with E-state index in [1.807, 2.05) is 0 Å². The molecule has 0 bridgehead atoms. The van der Waals surface area contributed by atoms with Gasteiger partial charge in [0.15, 0.2) is 0 Å². The van der Waals surface area contributed by atoms with Crippen molar-refractivity contribution >= 4 is 40.9 Å². The number of nitrogens with one attached hydrogen (secondary N) is 1. The van der Waals surface area contributed by atoms with Crippen molar-refractivity contribution in [1.82, 2.24) is 0 Å². The highest BCUT2D eigenvalue weighted by molar-refractivity contribution is 6.35. The quantitative estimate of drug-likeness (QED) is 0.812. The molecule has 0 radical (unpaired) electrons. The van der Waals surface area contributed by atoms with E-state index in [0.717, 1.165) is 5.56 Å². The Hall–Kier alpha value is -1.84. The van der Waals surface area contributed by atoms with Gasteiger partial charge in [0.1, 0.15) is 5.82 Å². The van der Waals surface area contributed by atoms with Crippen LogP contribution in [0.3, 0.4) is 0 Å². The minimum absolute atomic E-state index is 0.322. The van der Waals surface area contributed by atoms with Crippen molar-refractivity contribution in [2.24, 2.45) is 0 Å². The van der Waals surface area contributed by atoms with Gasteiger partial charge < -0.3 is 5.32 Å². The van der Waals surface area contributed by atoms with E-state index in [2.05, 4.69) is 5.32 Å². The highest BCUT2D eigenvalue weighted by Gasteiger charge is 2.03. The lowest BCUT2D eigenvalue weighted by atomic mass is 10.2. The van der Waals surface area contributed by atoms with Crippen molar-refractivity contribution in [3.8, 4) is 0 Å². The normalized spacial score (nSPS) is 10.8. The molecule has 0 aliphatic heterocycles. The van der Waals surface area contributed by atoms with Crippen LogP contribution in [-0.4, -0.2) is 5.91 Å². The summed E-state index contributed by atoms with van der Waals surface area (Å²) in [4.78, 5) is 11.7. The van der Waals surface area contributed by atoms with Crippen molar-refractivity contribution in [3.63, 3.8) is 0 Å². The number of anilines is 1. The standard InChI is InChI=1S/C15H10Cl2FNO/c16-11-4-7-13(17)14(9-11)19-15(20)8-3-10-1-5-12(18)6-2-10/h1-9H,(H,19,20). The van der Waals surface area contributed by atoms with Gasteiger partial charge in [0.25, 0.3) is 0 Å². The molecule has 2 aromatic carbocycles. The molecule has 2 rings (SSSR count). The highest BCUT2D eigenvalue weighted by Crippen LogP contribution is 2.25. The number of rotatable bonds is 3. The smallest absolute Gasteiger partial charge is 0.248 e. The molecular formula is C15H10Cl2FNO. The van der Waals surface area contributed by atoms with Gasteiger partial charge in [-0.1, -0.05) is 35.3 Å². The first kappa shape index (κ1) is 14.6. The Morgan fingerprint density at radius 2 is 1.80 bits per heavy atom. The molecule has 0 spiro atoms. The van der Waals surface area contributed by atoms with Gasteiger partial charge in [-0.2, -0.15) is 0 Å². The monoisotopic (exact) mass is 309 g/mol. The molecule has 0 fully saturated rings. The van der Waals surface area contributed by atoms with Gasteiger partial charge >= 0.3 is 0 Å². The number of hydrogen-bond acceptors (Lipinski definition) is 1. The fraction of sp³-hybridized carbons (Fsp3) is 0. The second kappa shape index (κ2) is 6.55. The third-order valence-electron chi connectivity index (χ3n) is 2.48. The Morgan fingerprint density at radius 1 is 1.10 bits per heavy atom. The summed E-state index contributed by atoms with van der Waals surface area (Å²) >= 11 is 11.8. The van der Waals surface area contributed by atoms with E-state index in [1.54, 1.807) is 36.4 Å². The van der Waals surface area contributed by atoms with E-state index in [-0.39, 0.29) is 11.7 Å². The van der Waals surface area contributed by atoms with Gasteiger partial charge in [-0.3, -0.25) is 4.79 Å². The van der Waals surface area contributed by atoms with Crippen LogP contribution in [-0.2, 0) is 4.79 Å². The summed E-state index contributed by atoms with van der Waals surface area (Å²) < 4.78 is 12.7. The Bertz CT molecular complexity index is 653. The Balaban J connectivity index is 2.05. The molecule has 2 nitrogen and oxygen atoms in total. The molecule has 0 aromatic heterocycles. The van der Waals surface area contributed by atoms with Crippen molar-refractivity contribution in [2.45, 2.75) is 0 Å². The molecule has 0 saturated heterocycles. The first-order valence-corrected chi connectivity index (χ1v) is 6.50. The Labute approximate surface area is 125 Å². The SMILES string of the molecule is O=C(C=Cc1ccc(F)cc1)Nc1cc(Cl)ccc1Cl. The maximum atomic E-state index is 12.7. The first-order valence-electron chi connectivity index (χ1n) is 5.74. The summed E-state index contributed by atoms with van der Waals surface area (Å²) in [7, 11) is 0. The van der Waals surface area contributed by atoms with Gasteiger partial charge in [0, 0.05) is 11.1 Å². The lowest BCUT2D eigenvalue weighted by Crippen LogP contribution is -2.08. The van der Waals surface area contributed by atoms with Crippen LogP contribution in [0.2, 0.25) is 10.0 Å². The molecule has 2 aromatic rings. The average Bonchev–Trinajstić information content (AvgIpc) is 2.42. The fourth-order valence-electron chi connectivity index (χ4n) is 1.51. The lowest BCUT2D eigenvalue weighted by Gasteiger charge is -2.05. The Kier molecular flexibility index (Phi) is 4.77. The first-order chi connectivity index (χ1) is 9.54. The van der Waals surface area contributed by atoms with Crippen molar-refractivity contribution in [2.75, 3.05) is 5.32 Å². The minimum Gasteiger partial charge on any atom is -0.321 e. The van der Waals surface area contributed by atoms with Gasteiger partial charge in [-0.05, 0) is 42.0 Å². The summed E-state index contributed by atoms with van der Waals surface area (Å²) in [5, 5.41) is 3.50. The second-order valence-electron chi connectivity index (χ2n) is 4.00. The van der Waals surface area contributed by atoms with E-state index in [4.69, 9.17) is 23.2 Å². The van der Waals surface area contributed by atoms with Crippen LogP contribution in [0.4, 0.5) is 10.1 Å². The van der Waals surface area contributed by atoms with Gasteiger partial charge in [-0.15, -0.1) is 0 Å². The van der Waals surface area contributed by atoms with E-state index in [0.29, 0.717) is 15.7 Å². The van der Waals surface area contributed by atoms with Crippen molar-refractivity contribution in [1.29, 1.82) is 0 Å². The third-order valence-corrected chi connectivity index (χ3v) is 3.05. The number of carbonyl (C=O) groups is 1. The molecule has 0 saturated carbocycles. The summed E-state index contributed by atoms with van der Waals surface area (Å²) in [5.74, 6) is -0.671. The lowest BCUT2D eigenvalue weighted by molar-refractivity contribution is -0.111. The number of halogens is 3. The molecule has 0 aliphatic carbocycles. The van der Waals surface area contributed by atoms with Crippen LogP contribution in [0.5, 0.6) is 0 Å². The molecule has 1 N–H and O–H groups in total. The predicted octanol–water partition coefficient (Wildman–Crippen LogP) is 4.78. The van der Waals surface area contributed by atoms with Crippen LogP contribution in [0.1, 0.15) is 5.56 Å². The zero-order chi connectivity index (χ0) is 14.5. The van der Waals surface area contributed by atoms with Crippen molar-refractivity contribution < 1.29 is 9.18 Å². The second-order valence-corrected chi connectivity index (χ2v) is 4.84. The Morgan fingerprint density at radius 3 is 2.50 bits per heavy atom. The van der Waals surface area contributed by atoms with Crippen LogP contribution in [0, 0.1) is 5.82 Å². The molecule has 20 heavy (non-hydrogen) atoms. The fourth-order valence-corrected chi connectivity index (χ4v) is 1.85. The molecule has 0 aliphatic rings. The third kappa shape index (κ3) is 4.08. The molecule has 5 heteroatoms. The van der Waals surface area contributed by atoms with Gasteiger partial charge in [0.2, 0.25) is 5.91 Å². The summed E-state index contributed by atoms with van der Waals surface area (Å²) in [6.45, 7) is 0. The summed E-state index contributed by atoms with van der Waals surface area (Å²) in [6, 6.07) is 10.6. The predicted molar refractivity (Wildman–Crippen MR) is 80.5 cm³/mol. The van der Waals surface area contributed by atoms with Crippen LogP contribution < -0.4 is 5.32 Å². The van der Waals surface area contributed by atoms with E-state index in [9.17, 15) is 9.18 Å². The number of benzene rings is 2. The summed E-state index contributed by atoms with van der Waals surface area (Å²) in [6.07, 6.45) is 2.91. The summed E-state index contributed by atoms with van der Waals surface area (Å²) in [5.41, 5.74) is 1.16. The molecule has 0 heterocycles. The molecule has 0 atom stereocenters. The topological polar surface area (TPSA) is 29.1 Å². The van der Waals surface area contributed by atoms with Crippen LogP contribution in [0.15, 0.2) is 48.5 Å². The molecule has 102 valence electrons. The molecule has 1 amide bonds. The number of carbonyl (C=O) groups excluding carboxylic acids is 1. The van der Waals surface area contributed by atoms with Gasteiger partial charge in [0.05, 0.1) is 10.7 Å². The van der Waals surface area contributed by atoms with E-state index < -0.39 is 0 Å². The largest absolute Gasteiger partial charge is 0.321 e. The molecule has 0 unspecified atom stereocenters. The number of amides is 1. The van der Waals surface area contributed by atoms with E-state index in [1.165, 1.54) is 18.2 Å². The maximum Gasteiger partial charge on any atom is 0.248 e. The highest BCUT2D eigenvalue weighted by atomic mass is 35.5. The zero-order valence-corrected chi connectivity index (χ0v) is 11.8. The van der Waals surface area contributed by atoms with E-state index >= 15 is 0 Å². The average molecular weight is 310 g/mol. The number of hydrogen-bond donors (Lipinski definition) is 1. The van der Waals surface area contributed by atoms with Crippen molar-refractivity contribution in [3.05, 3.63) is 70.0 Å². The zero-order valence-electron chi connectivity index (χ0n) is 10.2.